The van der Waals surface area contributed by atoms with Crippen LogP contribution in [0.4, 0.5) is 4.39 Å². The van der Waals surface area contributed by atoms with Gasteiger partial charge in [0, 0.05) is 19.8 Å². The van der Waals surface area contributed by atoms with E-state index in [0.29, 0.717) is 0 Å². The summed E-state index contributed by atoms with van der Waals surface area (Å²) >= 11 is 0. The number of carbonyl (C=O) groups excluding carboxylic acids is 2. The Labute approximate surface area is 162 Å². The van der Waals surface area contributed by atoms with Gasteiger partial charge in [0.25, 0.3) is 0 Å². The second kappa shape index (κ2) is 9.64. The minimum Gasteiger partial charge on any atom is -0.480 e. The molecule has 0 heterocycles. The topological polar surface area (TPSA) is 95.5 Å². The van der Waals surface area contributed by atoms with Crippen molar-refractivity contribution in [2.45, 2.75) is 38.8 Å². The van der Waals surface area contributed by atoms with Crippen molar-refractivity contribution in [2.75, 3.05) is 0 Å². The van der Waals surface area contributed by atoms with E-state index >= 15 is 0 Å². The van der Waals surface area contributed by atoms with E-state index < -0.39 is 35.7 Å². The molecule has 0 saturated heterocycles. The van der Waals surface area contributed by atoms with Gasteiger partial charge < -0.3 is 15.7 Å². The van der Waals surface area contributed by atoms with Gasteiger partial charge in [-0.3, -0.25) is 9.59 Å². The number of carbonyl (C=O) groups is 3. The Bertz CT molecular complexity index is 869. The number of aliphatic carboxylic acids is 1. The van der Waals surface area contributed by atoms with Crippen LogP contribution in [0.5, 0.6) is 0 Å². The van der Waals surface area contributed by atoms with Gasteiger partial charge in [0.1, 0.15) is 17.9 Å². The van der Waals surface area contributed by atoms with Crippen molar-refractivity contribution < 1.29 is 23.9 Å². The fourth-order valence-corrected chi connectivity index (χ4v) is 2.87. The highest BCUT2D eigenvalue weighted by molar-refractivity contribution is 5.90. The highest BCUT2D eigenvalue weighted by Gasteiger charge is 2.27. The lowest BCUT2D eigenvalue weighted by molar-refractivity contribution is -0.142. The highest BCUT2D eigenvalue weighted by atomic mass is 19.1. The minimum atomic E-state index is -1.19. The number of amides is 2. The molecule has 0 fully saturated rings. The Morgan fingerprint density at radius 2 is 1.50 bits per heavy atom. The van der Waals surface area contributed by atoms with E-state index in [1.54, 1.807) is 18.2 Å². The molecule has 148 valence electrons. The smallest absolute Gasteiger partial charge is 0.326 e. The maximum absolute atomic E-state index is 13.9. The third-order valence-electron chi connectivity index (χ3n) is 4.38. The molecule has 0 spiro atoms. The molecule has 28 heavy (non-hydrogen) atoms. The Hall–Kier alpha value is -3.22. The van der Waals surface area contributed by atoms with Crippen LogP contribution in [0.2, 0.25) is 0 Å². The molecule has 0 aliphatic rings. The molecule has 0 aliphatic carbocycles. The van der Waals surface area contributed by atoms with Gasteiger partial charge in [-0.05, 0) is 29.7 Å². The van der Waals surface area contributed by atoms with Crippen molar-refractivity contribution in [1.82, 2.24) is 10.6 Å². The maximum Gasteiger partial charge on any atom is 0.326 e. The molecule has 0 saturated carbocycles. The molecule has 2 amide bonds. The van der Waals surface area contributed by atoms with E-state index in [2.05, 4.69) is 10.6 Å². The van der Waals surface area contributed by atoms with E-state index in [1.807, 2.05) is 19.1 Å². The number of hydrogen-bond acceptors (Lipinski definition) is 3. The summed E-state index contributed by atoms with van der Waals surface area (Å²) in [6.45, 7) is 3.10. The van der Waals surface area contributed by atoms with Crippen LogP contribution in [-0.2, 0) is 27.2 Å². The van der Waals surface area contributed by atoms with E-state index in [9.17, 15) is 23.9 Å². The van der Waals surface area contributed by atoms with Crippen LogP contribution in [0.3, 0.4) is 0 Å². The zero-order valence-electron chi connectivity index (χ0n) is 15.7. The number of rotatable bonds is 8. The third kappa shape index (κ3) is 5.90. The van der Waals surface area contributed by atoms with Crippen molar-refractivity contribution in [3.05, 3.63) is 71.0 Å². The number of hydrogen-bond donors (Lipinski definition) is 3. The average Bonchev–Trinajstić information content (AvgIpc) is 2.63. The van der Waals surface area contributed by atoms with Gasteiger partial charge in [-0.15, -0.1) is 0 Å². The van der Waals surface area contributed by atoms with Crippen molar-refractivity contribution in [3.63, 3.8) is 0 Å². The number of carboxylic acids is 1. The van der Waals surface area contributed by atoms with Gasteiger partial charge in [-0.2, -0.15) is 0 Å². The Morgan fingerprint density at radius 1 is 0.929 bits per heavy atom. The number of aryl methyl sites for hydroxylation is 1. The first kappa shape index (κ1) is 21.1. The number of carboxylic acid groups (broad SMARTS) is 1. The zero-order valence-corrected chi connectivity index (χ0v) is 15.7. The standard InChI is InChI=1S/C21H23FN2O4/c1-13-7-3-4-8-15(13)11-19(21(27)28)24-20(26)18(23-14(2)25)12-16-9-5-6-10-17(16)22/h3-10,18-19H,11-12H2,1-2H3,(H,23,25)(H,24,26)(H,27,28)/t18-,19+/m1/s1. The van der Waals surface area contributed by atoms with E-state index in [0.717, 1.165) is 11.1 Å². The summed E-state index contributed by atoms with van der Waals surface area (Å²) in [4.78, 5) is 35.8. The summed E-state index contributed by atoms with van der Waals surface area (Å²) in [6, 6.07) is 10.9. The van der Waals surface area contributed by atoms with Crippen molar-refractivity contribution in [1.29, 1.82) is 0 Å². The van der Waals surface area contributed by atoms with Crippen LogP contribution in [0.25, 0.3) is 0 Å². The molecule has 2 aromatic rings. The fourth-order valence-electron chi connectivity index (χ4n) is 2.87. The lowest BCUT2D eigenvalue weighted by Crippen LogP contribution is -2.52. The summed E-state index contributed by atoms with van der Waals surface area (Å²) in [5.74, 6) is -2.84. The van der Waals surface area contributed by atoms with Crippen molar-refractivity contribution in [3.8, 4) is 0 Å². The van der Waals surface area contributed by atoms with Crippen LogP contribution in [-0.4, -0.2) is 35.0 Å². The quantitative estimate of drug-likeness (QED) is 0.647. The first-order chi connectivity index (χ1) is 13.3. The van der Waals surface area contributed by atoms with Gasteiger partial charge in [0.15, 0.2) is 0 Å². The number of benzene rings is 2. The Morgan fingerprint density at radius 3 is 2.07 bits per heavy atom. The lowest BCUT2D eigenvalue weighted by Gasteiger charge is -2.22. The van der Waals surface area contributed by atoms with Gasteiger partial charge in [-0.1, -0.05) is 42.5 Å². The molecule has 0 radical (unpaired) electrons. The third-order valence-corrected chi connectivity index (χ3v) is 4.38. The Kier molecular flexibility index (Phi) is 7.26. The lowest BCUT2D eigenvalue weighted by atomic mass is 10.00. The SMILES string of the molecule is CC(=O)N[C@H](Cc1ccccc1F)C(=O)N[C@@H](Cc1ccccc1C)C(=O)O. The molecule has 0 aliphatic heterocycles. The minimum absolute atomic E-state index is 0.0885. The van der Waals surface area contributed by atoms with Crippen LogP contribution >= 0.6 is 0 Å². The van der Waals surface area contributed by atoms with E-state index in [-0.39, 0.29) is 18.4 Å². The molecule has 6 nitrogen and oxygen atoms in total. The highest BCUT2D eigenvalue weighted by Crippen LogP contribution is 2.12. The van der Waals surface area contributed by atoms with E-state index in [1.165, 1.54) is 25.1 Å². The summed E-state index contributed by atoms with van der Waals surface area (Å²) in [7, 11) is 0. The molecule has 7 heteroatoms. The van der Waals surface area contributed by atoms with Gasteiger partial charge in [-0.25, -0.2) is 9.18 Å². The van der Waals surface area contributed by atoms with E-state index in [4.69, 9.17) is 0 Å². The Balaban J connectivity index is 2.17. The summed E-state index contributed by atoms with van der Waals surface area (Å²) in [5.41, 5.74) is 1.95. The second-order valence-corrected chi connectivity index (χ2v) is 6.58. The van der Waals surface area contributed by atoms with Gasteiger partial charge >= 0.3 is 5.97 Å². The predicted molar refractivity (Wildman–Crippen MR) is 102 cm³/mol. The summed E-state index contributed by atoms with van der Waals surface area (Å²) in [5, 5.41) is 14.4. The van der Waals surface area contributed by atoms with Crippen molar-refractivity contribution in [2.24, 2.45) is 0 Å². The van der Waals surface area contributed by atoms with Crippen molar-refractivity contribution >= 4 is 17.8 Å². The molecule has 0 unspecified atom stereocenters. The molecule has 0 bridgehead atoms. The normalized spacial score (nSPS) is 12.7. The number of halogens is 1. The van der Waals surface area contributed by atoms with Crippen LogP contribution in [0.1, 0.15) is 23.6 Å². The molecular weight excluding hydrogens is 363 g/mol. The summed E-state index contributed by atoms with van der Waals surface area (Å²) < 4.78 is 13.9. The first-order valence-corrected chi connectivity index (χ1v) is 8.86. The molecule has 2 rings (SSSR count). The monoisotopic (exact) mass is 386 g/mol. The zero-order chi connectivity index (χ0) is 20.7. The predicted octanol–water partition coefficient (Wildman–Crippen LogP) is 1.99. The molecule has 2 atom stereocenters. The fraction of sp³-hybridized carbons (Fsp3) is 0.286. The van der Waals surface area contributed by atoms with Gasteiger partial charge in [0.05, 0.1) is 0 Å². The average molecular weight is 386 g/mol. The largest absolute Gasteiger partial charge is 0.480 e. The molecular formula is C21H23FN2O4. The van der Waals surface area contributed by atoms with Crippen LogP contribution < -0.4 is 10.6 Å². The van der Waals surface area contributed by atoms with Crippen LogP contribution in [0.15, 0.2) is 48.5 Å². The van der Waals surface area contributed by atoms with Gasteiger partial charge in [0.2, 0.25) is 11.8 Å². The van der Waals surface area contributed by atoms with Crippen LogP contribution in [0, 0.1) is 12.7 Å². The maximum atomic E-state index is 13.9. The molecule has 0 aromatic heterocycles. The molecule has 3 N–H and O–H groups in total. The first-order valence-electron chi connectivity index (χ1n) is 8.86. The second-order valence-electron chi connectivity index (χ2n) is 6.58. The number of nitrogens with one attached hydrogen (secondary N) is 2. The summed E-state index contributed by atoms with van der Waals surface area (Å²) in [6.07, 6.45) is 0.00896. The molecule has 2 aromatic carbocycles.